The van der Waals surface area contributed by atoms with E-state index in [1.165, 1.54) is 4.68 Å². The summed E-state index contributed by atoms with van der Waals surface area (Å²) in [6.07, 6.45) is 0.588. The topological polar surface area (TPSA) is 53.4 Å². The molecule has 2 heterocycles. The first-order valence-corrected chi connectivity index (χ1v) is 8.74. The highest BCUT2D eigenvalue weighted by molar-refractivity contribution is 5.84. The number of hydrogen-bond donors (Lipinski definition) is 0. The maximum absolute atomic E-state index is 13.0. The molecule has 0 bridgehead atoms. The van der Waals surface area contributed by atoms with Crippen LogP contribution >= 0.6 is 0 Å². The molecule has 0 atom stereocenters. The Labute approximate surface area is 155 Å². The lowest BCUT2D eigenvalue weighted by Gasteiger charge is -2.11. The SMILES string of the molecule is O=c1c2ccccc2c(Cc2ccc3c(c2)OCO3)nn1-c1ccccc1. The van der Waals surface area contributed by atoms with Crippen LogP contribution in [0.1, 0.15) is 11.3 Å². The second kappa shape index (κ2) is 6.29. The average Bonchev–Trinajstić information content (AvgIpc) is 3.19. The Hall–Kier alpha value is -3.60. The van der Waals surface area contributed by atoms with Gasteiger partial charge in [0.2, 0.25) is 6.79 Å². The highest BCUT2D eigenvalue weighted by atomic mass is 16.7. The quantitative estimate of drug-likeness (QED) is 0.562. The van der Waals surface area contributed by atoms with E-state index < -0.39 is 0 Å². The molecule has 5 rings (SSSR count). The fourth-order valence-electron chi connectivity index (χ4n) is 3.37. The fourth-order valence-corrected chi connectivity index (χ4v) is 3.37. The van der Waals surface area contributed by atoms with Crippen molar-refractivity contribution in [2.24, 2.45) is 0 Å². The fraction of sp³-hybridized carbons (Fsp3) is 0.0909. The summed E-state index contributed by atoms with van der Waals surface area (Å²) in [6.45, 7) is 0.249. The average molecular weight is 356 g/mol. The molecule has 3 aromatic carbocycles. The summed E-state index contributed by atoms with van der Waals surface area (Å²) in [5.74, 6) is 1.50. The summed E-state index contributed by atoms with van der Waals surface area (Å²) in [6, 6.07) is 23.0. The monoisotopic (exact) mass is 356 g/mol. The molecule has 1 aliphatic heterocycles. The van der Waals surface area contributed by atoms with Crippen molar-refractivity contribution in [3.63, 3.8) is 0 Å². The molecule has 5 nitrogen and oxygen atoms in total. The molecule has 0 saturated heterocycles. The van der Waals surface area contributed by atoms with Gasteiger partial charge in [0, 0.05) is 11.8 Å². The number of rotatable bonds is 3. The number of hydrogen-bond acceptors (Lipinski definition) is 4. The van der Waals surface area contributed by atoms with Crippen molar-refractivity contribution < 1.29 is 9.47 Å². The first-order chi connectivity index (χ1) is 13.3. The normalized spacial score (nSPS) is 12.4. The molecule has 5 heteroatoms. The van der Waals surface area contributed by atoms with Gasteiger partial charge in [-0.3, -0.25) is 4.79 Å². The van der Waals surface area contributed by atoms with Crippen molar-refractivity contribution in [3.8, 4) is 17.2 Å². The van der Waals surface area contributed by atoms with Crippen LogP contribution in [0.2, 0.25) is 0 Å². The van der Waals surface area contributed by atoms with Gasteiger partial charge in [-0.15, -0.1) is 0 Å². The molecule has 4 aromatic rings. The molecule has 1 aromatic heterocycles. The number of para-hydroxylation sites is 1. The Kier molecular flexibility index (Phi) is 3.64. The van der Waals surface area contributed by atoms with Gasteiger partial charge in [0.05, 0.1) is 16.8 Å². The van der Waals surface area contributed by atoms with Crippen LogP contribution in [0.3, 0.4) is 0 Å². The zero-order valence-electron chi connectivity index (χ0n) is 14.5. The molecule has 132 valence electrons. The van der Waals surface area contributed by atoms with Crippen molar-refractivity contribution >= 4 is 10.8 Å². The van der Waals surface area contributed by atoms with Gasteiger partial charge in [-0.05, 0) is 35.9 Å². The van der Waals surface area contributed by atoms with Crippen LogP contribution in [0.5, 0.6) is 11.5 Å². The van der Waals surface area contributed by atoms with E-state index in [0.29, 0.717) is 11.8 Å². The van der Waals surface area contributed by atoms with Gasteiger partial charge in [-0.1, -0.05) is 42.5 Å². The largest absolute Gasteiger partial charge is 0.454 e. The zero-order chi connectivity index (χ0) is 18.2. The number of ether oxygens (including phenoxy) is 2. The third kappa shape index (κ3) is 2.73. The lowest BCUT2D eigenvalue weighted by atomic mass is 10.0. The summed E-state index contributed by atoms with van der Waals surface area (Å²) in [4.78, 5) is 13.0. The van der Waals surface area contributed by atoms with Crippen LogP contribution in [0.15, 0.2) is 77.6 Å². The van der Waals surface area contributed by atoms with Crippen molar-refractivity contribution in [2.75, 3.05) is 6.79 Å². The summed E-state index contributed by atoms with van der Waals surface area (Å²) in [7, 11) is 0. The molecule has 0 fully saturated rings. The third-order valence-electron chi connectivity index (χ3n) is 4.69. The van der Waals surface area contributed by atoms with E-state index in [2.05, 4.69) is 0 Å². The molecule has 0 N–H and O–H groups in total. The minimum absolute atomic E-state index is 0.119. The van der Waals surface area contributed by atoms with Gasteiger partial charge in [-0.25, -0.2) is 0 Å². The van der Waals surface area contributed by atoms with Gasteiger partial charge in [0.15, 0.2) is 11.5 Å². The van der Waals surface area contributed by atoms with Crippen LogP contribution in [0, 0.1) is 0 Å². The highest BCUT2D eigenvalue weighted by Crippen LogP contribution is 2.33. The van der Waals surface area contributed by atoms with E-state index in [0.717, 1.165) is 33.8 Å². The zero-order valence-corrected chi connectivity index (χ0v) is 14.5. The van der Waals surface area contributed by atoms with E-state index in [4.69, 9.17) is 14.6 Å². The Morgan fingerprint density at radius 3 is 2.44 bits per heavy atom. The predicted octanol–water partition coefficient (Wildman–Crippen LogP) is 3.71. The van der Waals surface area contributed by atoms with Gasteiger partial charge in [0.25, 0.3) is 5.56 Å². The summed E-state index contributed by atoms with van der Waals surface area (Å²) < 4.78 is 12.3. The minimum Gasteiger partial charge on any atom is -0.454 e. The Bertz CT molecular complexity index is 1200. The second-order valence-corrected chi connectivity index (χ2v) is 6.41. The lowest BCUT2D eigenvalue weighted by molar-refractivity contribution is 0.174. The number of benzene rings is 3. The molecule has 0 aliphatic carbocycles. The first kappa shape index (κ1) is 15.6. The second-order valence-electron chi connectivity index (χ2n) is 6.41. The van der Waals surface area contributed by atoms with E-state index in [-0.39, 0.29) is 12.4 Å². The van der Waals surface area contributed by atoms with Crippen LogP contribution in [0.25, 0.3) is 16.5 Å². The molecule has 0 unspecified atom stereocenters. The van der Waals surface area contributed by atoms with Crippen LogP contribution in [-0.2, 0) is 6.42 Å². The molecular formula is C22H16N2O3. The van der Waals surface area contributed by atoms with Gasteiger partial charge >= 0.3 is 0 Å². The molecule has 0 saturated carbocycles. The summed E-state index contributed by atoms with van der Waals surface area (Å²) in [5.41, 5.74) is 2.52. The van der Waals surface area contributed by atoms with Crippen molar-refractivity contribution in [2.45, 2.75) is 6.42 Å². The molecule has 0 radical (unpaired) electrons. The Morgan fingerprint density at radius 2 is 1.59 bits per heavy atom. The predicted molar refractivity (Wildman–Crippen MR) is 103 cm³/mol. The van der Waals surface area contributed by atoms with E-state index in [1.807, 2.05) is 72.8 Å². The molecular weight excluding hydrogens is 340 g/mol. The maximum atomic E-state index is 13.0. The van der Waals surface area contributed by atoms with Gasteiger partial charge < -0.3 is 9.47 Å². The third-order valence-corrected chi connectivity index (χ3v) is 4.69. The maximum Gasteiger partial charge on any atom is 0.279 e. The minimum atomic E-state index is -0.119. The number of fused-ring (bicyclic) bond motifs is 2. The molecule has 1 aliphatic rings. The van der Waals surface area contributed by atoms with Crippen molar-refractivity contribution in [3.05, 3.63) is 94.4 Å². The molecule has 0 spiro atoms. The van der Waals surface area contributed by atoms with E-state index >= 15 is 0 Å². The Balaban J connectivity index is 1.67. The number of aromatic nitrogens is 2. The van der Waals surface area contributed by atoms with Crippen molar-refractivity contribution in [1.29, 1.82) is 0 Å². The van der Waals surface area contributed by atoms with E-state index in [1.54, 1.807) is 0 Å². The molecule has 27 heavy (non-hydrogen) atoms. The van der Waals surface area contributed by atoms with Crippen LogP contribution in [0.4, 0.5) is 0 Å². The lowest BCUT2D eigenvalue weighted by Crippen LogP contribution is -2.23. The van der Waals surface area contributed by atoms with Crippen LogP contribution < -0.4 is 15.0 Å². The molecule has 0 amide bonds. The van der Waals surface area contributed by atoms with Gasteiger partial charge in [0.1, 0.15) is 0 Å². The summed E-state index contributed by atoms with van der Waals surface area (Å²) >= 11 is 0. The summed E-state index contributed by atoms with van der Waals surface area (Å²) in [5, 5.41) is 6.22. The van der Waals surface area contributed by atoms with E-state index in [9.17, 15) is 4.79 Å². The smallest absolute Gasteiger partial charge is 0.279 e. The number of nitrogens with zero attached hydrogens (tertiary/aromatic N) is 2. The van der Waals surface area contributed by atoms with Crippen molar-refractivity contribution in [1.82, 2.24) is 9.78 Å². The first-order valence-electron chi connectivity index (χ1n) is 8.74. The highest BCUT2D eigenvalue weighted by Gasteiger charge is 2.16. The van der Waals surface area contributed by atoms with Crippen LogP contribution in [-0.4, -0.2) is 16.6 Å². The standard InChI is InChI=1S/C22H16N2O3/c25-22-18-9-5-4-8-17(18)19(23-24(22)16-6-2-1-3-7-16)12-15-10-11-20-21(13-15)27-14-26-20/h1-11,13H,12,14H2. The Morgan fingerprint density at radius 1 is 0.852 bits per heavy atom. The van der Waals surface area contributed by atoms with Gasteiger partial charge in [-0.2, -0.15) is 9.78 Å².